The van der Waals surface area contributed by atoms with Crippen molar-refractivity contribution in [3.05, 3.63) is 39.0 Å². The highest BCUT2D eigenvalue weighted by Gasteiger charge is 2.23. The molecule has 0 aliphatic rings. The molecule has 3 rings (SSSR count). The maximum Gasteiger partial charge on any atom is 0.341 e. The summed E-state index contributed by atoms with van der Waals surface area (Å²) in [6, 6.07) is 1.61. The van der Waals surface area contributed by atoms with Crippen molar-refractivity contribution in [2.45, 2.75) is 27.7 Å². The lowest BCUT2D eigenvalue weighted by Crippen LogP contribution is -2.22. The number of fused-ring (bicyclic) bond motifs is 1. The molecule has 1 amide bonds. The van der Waals surface area contributed by atoms with Crippen molar-refractivity contribution in [2.75, 3.05) is 19.0 Å². The fourth-order valence-corrected chi connectivity index (χ4v) is 4.23. The molecule has 0 atom stereocenters. The molecule has 3 heterocycles. The highest BCUT2D eigenvalue weighted by Crippen LogP contribution is 2.33. The van der Waals surface area contributed by atoms with Gasteiger partial charge < -0.3 is 14.8 Å². The summed E-state index contributed by atoms with van der Waals surface area (Å²) in [5.74, 6) is -1.74. The Morgan fingerprint density at radius 3 is 2.53 bits per heavy atom. The van der Waals surface area contributed by atoms with Crippen LogP contribution in [0, 0.1) is 27.7 Å². The summed E-state index contributed by atoms with van der Waals surface area (Å²) in [6.45, 7) is 6.66. The number of methoxy groups -OCH3 is 1. The third-order valence-electron chi connectivity index (χ3n) is 4.68. The SMILES string of the molecule is COC(=O)c1c(NC(=O)COC(=O)c2cc(C)nc3c2c(C)nn3C)sc(C)c1C. The minimum atomic E-state index is -0.650. The number of hydrogen-bond acceptors (Lipinski definition) is 8. The van der Waals surface area contributed by atoms with Crippen LogP contribution >= 0.6 is 11.3 Å². The monoisotopic (exact) mass is 430 g/mol. The Morgan fingerprint density at radius 1 is 1.17 bits per heavy atom. The highest BCUT2D eigenvalue weighted by molar-refractivity contribution is 7.16. The molecule has 158 valence electrons. The third-order valence-corrected chi connectivity index (χ3v) is 5.80. The molecule has 3 aromatic heterocycles. The number of ether oxygens (including phenoxy) is 2. The van der Waals surface area contributed by atoms with Crippen molar-refractivity contribution in [1.82, 2.24) is 14.8 Å². The predicted octanol–water partition coefficient (Wildman–Crippen LogP) is 2.85. The second-order valence-corrected chi connectivity index (χ2v) is 8.05. The number of rotatable bonds is 5. The summed E-state index contributed by atoms with van der Waals surface area (Å²) in [5.41, 5.74) is 3.18. The standard InChI is InChI=1S/C20H22N4O5S/c1-9-7-13(16-11(3)23-24(5)17(16)21-9)19(26)29-8-14(25)22-18-15(20(27)28-6)10(2)12(4)30-18/h7H,8H2,1-6H3,(H,22,25). The Bertz CT molecular complexity index is 1180. The van der Waals surface area contributed by atoms with Crippen LogP contribution in [0.1, 0.15) is 42.5 Å². The van der Waals surface area contributed by atoms with Gasteiger partial charge in [0.2, 0.25) is 0 Å². The zero-order valence-corrected chi connectivity index (χ0v) is 18.4. The van der Waals surface area contributed by atoms with E-state index in [0.717, 1.165) is 10.4 Å². The Balaban J connectivity index is 1.77. The molecule has 3 aromatic rings. The van der Waals surface area contributed by atoms with Crippen molar-refractivity contribution in [3.63, 3.8) is 0 Å². The molecule has 30 heavy (non-hydrogen) atoms. The van der Waals surface area contributed by atoms with Crippen LogP contribution in [0.15, 0.2) is 6.07 Å². The molecule has 0 aliphatic heterocycles. The molecule has 0 fully saturated rings. The summed E-state index contributed by atoms with van der Waals surface area (Å²) < 4.78 is 11.6. The van der Waals surface area contributed by atoms with Crippen LogP contribution in [-0.2, 0) is 21.3 Å². The van der Waals surface area contributed by atoms with Gasteiger partial charge in [-0.3, -0.25) is 9.48 Å². The number of hydrogen-bond donors (Lipinski definition) is 1. The fourth-order valence-electron chi connectivity index (χ4n) is 3.17. The third kappa shape index (κ3) is 3.90. The fraction of sp³-hybridized carbons (Fsp3) is 0.350. The smallest absolute Gasteiger partial charge is 0.341 e. The normalized spacial score (nSPS) is 10.9. The van der Waals surface area contributed by atoms with Gasteiger partial charge in [0.05, 0.1) is 29.3 Å². The van der Waals surface area contributed by atoms with E-state index in [1.54, 1.807) is 38.6 Å². The van der Waals surface area contributed by atoms with E-state index >= 15 is 0 Å². The lowest BCUT2D eigenvalue weighted by atomic mass is 10.1. The van der Waals surface area contributed by atoms with Gasteiger partial charge in [-0.2, -0.15) is 5.10 Å². The van der Waals surface area contributed by atoms with Gasteiger partial charge in [-0.25, -0.2) is 14.6 Å². The minimum absolute atomic E-state index is 0.300. The number of pyridine rings is 1. The zero-order chi connectivity index (χ0) is 22.2. The largest absolute Gasteiger partial charge is 0.465 e. The number of anilines is 1. The van der Waals surface area contributed by atoms with Gasteiger partial charge in [0.25, 0.3) is 5.91 Å². The maximum absolute atomic E-state index is 12.7. The van der Waals surface area contributed by atoms with Crippen LogP contribution in [0.3, 0.4) is 0 Å². The maximum atomic E-state index is 12.7. The van der Waals surface area contributed by atoms with E-state index in [9.17, 15) is 14.4 Å². The first-order chi connectivity index (χ1) is 14.1. The Hall–Kier alpha value is -3.27. The molecular formula is C20H22N4O5S. The van der Waals surface area contributed by atoms with E-state index in [0.29, 0.717) is 38.5 Å². The van der Waals surface area contributed by atoms with Crippen LogP contribution in [0.4, 0.5) is 5.00 Å². The lowest BCUT2D eigenvalue weighted by molar-refractivity contribution is -0.119. The van der Waals surface area contributed by atoms with E-state index in [-0.39, 0.29) is 0 Å². The van der Waals surface area contributed by atoms with Crippen LogP contribution in [-0.4, -0.2) is 46.3 Å². The van der Waals surface area contributed by atoms with E-state index in [1.165, 1.54) is 18.4 Å². The van der Waals surface area contributed by atoms with Crippen molar-refractivity contribution >= 4 is 45.2 Å². The highest BCUT2D eigenvalue weighted by atomic mass is 32.1. The quantitative estimate of drug-likeness (QED) is 0.619. The predicted molar refractivity (Wildman–Crippen MR) is 112 cm³/mol. The first-order valence-electron chi connectivity index (χ1n) is 9.10. The van der Waals surface area contributed by atoms with Gasteiger partial charge in [0, 0.05) is 17.6 Å². The van der Waals surface area contributed by atoms with Crippen LogP contribution in [0.5, 0.6) is 0 Å². The zero-order valence-electron chi connectivity index (χ0n) is 17.6. The summed E-state index contributed by atoms with van der Waals surface area (Å²) >= 11 is 1.26. The molecule has 1 N–H and O–H groups in total. The topological polar surface area (TPSA) is 112 Å². The number of aryl methyl sites for hydroxylation is 4. The summed E-state index contributed by atoms with van der Waals surface area (Å²) in [5, 5.41) is 7.88. The average molecular weight is 430 g/mol. The summed E-state index contributed by atoms with van der Waals surface area (Å²) in [6.07, 6.45) is 0. The van der Waals surface area contributed by atoms with Gasteiger partial charge in [0.15, 0.2) is 12.3 Å². The van der Waals surface area contributed by atoms with Gasteiger partial charge in [-0.1, -0.05) is 0 Å². The van der Waals surface area contributed by atoms with Crippen molar-refractivity contribution in [1.29, 1.82) is 0 Å². The molecule has 0 aromatic carbocycles. The Labute approximate surface area is 177 Å². The van der Waals surface area contributed by atoms with Gasteiger partial charge in [-0.05, 0) is 39.3 Å². The van der Waals surface area contributed by atoms with Crippen molar-refractivity contribution < 1.29 is 23.9 Å². The number of carbonyl (C=O) groups excluding carboxylic acids is 3. The second-order valence-electron chi connectivity index (χ2n) is 6.82. The van der Waals surface area contributed by atoms with Crippen molar-refractivity contribution in [3.8, 4) is 0 Å². The summed E-state index contributed by atoms with van der Waals surface area (Å²) in [7, 11) is 3.02. The summed E-state index contributed by atoms with van der Waals surface area (Å²) in [4.78, 5) is 42.4. The number of amides is 1. The van der Waals surface area contributed by atoms with Crippen molar-refractivity contribution in [2.24, 2.45) is 7.05 Å². The molecule has 9 nitrogen and oxygen atoms in total. The Kier molecular flexibility index (Phi) is 5.88. The molecular weight excluding hydrogens is 408 g/mol. The first kappa shape index (κ1) is 21.4. The molecule has 0 radical (unpaired) electrons. The van der Waals surface area contributed by atoms with Crippen LogP contribution in [0.25, 0.3) is 11.0 Å². The molecule has 10 heteroatoms. The molecule has 0 bridgehead atoms. The second kappa shape index (κ2) is 8.23. The number of aromatic nitrogens is 3. The van der Waals surface area contributed by atoms with E-state index < -0.39 is 24.5 Å². The molecule has 0 spiro atoms. The molecule has 0 saturated heterocycles. The minimum Gasteiger partial charge on any atom is -0.465 e. The number of esters is 2. The average Bonchev–Trinajstić information content (AvgIpc) is 3.13. The molecule has 0 saturated carbocycles. The number of thiophene rings is 1. The van der Waals surface area contributed by atoms with Crippen LogP contribution in [0.2, 0.25) is 0 Å². The van der Waals surface area contributed by atoms with Gasteiger partial charge in [-0.15, -0.1) is 11.3 Å². The first-order valence-corrected chi connectivity index (χ1v) is 9.91. The van der Waals surface area contributed by atoms with E-state index in [1.807, 2.05) is 6.92 Å². The number of carbonyl (C=O) groups is 3. The van der Waals surface area contributed by atoms with E-state index in [2.05, 4.69) is 15.4 Å². The van der Waals surface area contributed by atoms with Gasteiger partial charge in [0.1, 0.15) is 5.00 Å². The Morgan fingerprint density at radius 2 is 1.87 bits per heavy atom. The number of nitrogens with one attached hydrogen (secondary N) is 1. The molecule has 0 unspecified atom stereocenters. The van der Waals surface area contributed by atoms with Gasteiger partial charge >= 0.3 is 11.9 Å². The number of nitrogens with zero attached hydrogens (tertiary/aromatic N) is 3. The lowest BCUT2D eigenvalue weighted by Gasteiger charge is -2.08. The van der Waals surface area contributed by atoms with Crippen LogP contribution < -0.4 is 5.32 Å². The molecule has 0 aliphatic carbocycles. The van der Waals surface area contributed by atoms with E-state index in [4.69, 9.17) is 9.47 Å².